The SMILES string of the molecule is C=Cc1ccc(CCSc2nnc(/N=C/Cc3cccc(C)c3)s2)cc1. The Labute approximate surface area is 162 Å². The van der Waals surface area contributed by atoms with Crippen LogP contribution >= 0.6 is 23.1 Å². The van der Waals surface area contributed by atoms with Crippen molar-refractivity contribution in [1.29, 1.82) is 0 Å². The van der Waals surface area contributed by atoms with Gasteiger partial charge in [-0.1, -0.05) is 89.8 Å². The van der Waals surface area contributed by atoms with E-state index in [1.807, 2.05) is 12.3 Å². The summed E-state index contributed by atoms with van der Waals surface area (Å²) in [5.41, 5.74) is 5.00. The van der Waals surface area contributed by atoms with Gasteiger partial charge in [-0.15, -0.1) is 10.2 Å². The van der Waals surface area contributed by atoms with E-state index < -0.39 is 0 Å². The van der Waals surface area contributed by atoms with E-state index >= 15 is 0 Å². The van der Waals surface area contributed by atoms with Crippen LogP contribution in [0.4, 0.5) is 5.13 Å². The van der Waals surface area contributed by atoms with Gasteiger partial charge in [0.05, 0.1) is 0 Å². The van der Waals surface area contributed by atoms with E-state index in [-0.39, 0.29) is 0 Å². The molecule has 2 aromatic carbocycles. The van der Waals surface area contributed by atoms with E-state index in [0.717, 1.165) is 33.6 Å². The van der Waals surface area contributed by atoms with E-state index in [1.54, 1.807) is 23.1 Å². The third kappa shape index (κ3) is 5.64. The Morgan fingerprint density at radius 2 is 1.96 bits per heavy atom. The van der Waals surface area contributed by atoms with Gasteiger partial charge in [-0.05, 0) is 30.0 Å². The number of thioether (sulfide) groups is 1. The summed E-state index contributed by atoms with van der Waals surface area (Å²) in [6.07, 6.45) is 5.59. The average molecular weight is 380 g/mol. The number of benzene rings is 2. The van der Waals surface area contributed by atoms with Crippen LogP contribution < -0.4 is 0 Å². The zero-order valence-corrected chi connectivity index (χ0v) is 16.4. The first-order valence-electron chi connectivity index (χ1n) is 8.49. The molecular weight excluding hydrogens is 358 g/mol. The van der Waals surface area contributed by atoms with Crippen LogP contribution in [0.25, 0.3) is 6.08 Å². The first-order chi connectivity index (χ1) is 12.7. The zero-order chi connectivity index (χ0) is 18.2. The molecule has 0 aliphatic carbocycles. The summed E-state index contributed by atoms with van der Waals surface area (Å²) in [7, 11) is 0. The summed E-state index contributed by atoms with van der Waals surface area (Å²) >= 11 is 3.27. The Morgan fingerprint density at radius 1 is 1.12 bits per heavy atom. The molecule has 5 heteroatoms. The Morgan fingerprint density at radius 3 is 2.73 bits per heavy atom. The smallest absolute Gasteiger partial charge is 0.230 e. The lowest BCUT2D eigenvalue weighted by molar-refractivity contribution is 1.00. The van der Waals surface area contributed by atoms with Gasteiger partial charge in [0, 0.05) is 18.4 Å². The third-order valence-corrected chi connectivity index (χ3v) is 5.80. The molecule has 0 bridgehead atoms. The zero-order valence-electron chi connectivity index (χ0n) is 14.8. The molecule has 0 fully saturated rings. The molecule has 0 atom stereocenters. The van der Waals surface area contributed by atoms with Crippen LogP contribution in [0.15, 0.2) is 64.4 Å². The largest absolute Gasteiger partial charge is 0.232 e. The fraction of sp³-hybridized carbons (Fsp3) is 0.190. The van der Waals surface area contributed by atoms with Crippen LogP contribution in [-0.2, 0) is 12.8 Å². The van der Waals surface area contributed by atoms with Gasteiger partial charge in [-0.3, -0.25) is 0 Å². The van der Waals surface area contributed by atoms with E-state index in [1.165, 1.54) is 16.7 Å². The molecule has 0 saturated carbocycles. The molecule has 3 nitrogen and oxygen atoms in total. The average Bonchev–Trinajstić information content (AvgIpc) is 3.10. The summed E-state index contributed by atoms with van der Waals surface area (Å²) in [5.74, 6) is 0.981. The van der Waals surface area contributed by atoms with E-state index in [9.17, 15) is 0 Å². The van der Waals surface area contributed by atoms with Crippen LogP contribution in [-0.4, -0.2) is 22.2 Å². The monoisotopic (exact) mass is 379 g/mol. The highest BCUT2D eigenvalue weighted by Gasteiger charge is 2.03. The molecule has 0 aliphatic rings. The Balaban J connectivity index is 1.46. The molecule has 132 valence electrons. The number of aryl methyl sites for hydroxylation is 2. The van der Waals surface area contributed by atoms with Crippen LogP contribution in [0, 0.1) is 6.92 Å². The lowest BCUT2D eigenvalue weighted by atomic mass is 10.1. The van der Waals surface area contributed by atoms with Gasteiger partial charge >= 0.3 is 0 Å². The lowest BCUT2D eigenvalue weighted by Gasteiger charge is -2.00. The fourth-order valence-electron chi connectivity index (χ4n) is 2.46. The summed E-state index contributed by atoms with van der Waals surface area (Å²) < 4.78 is 0.968. The van der Waals surface area contributed by atoms with Crippen molar-refractivity contribution in [2.45, 2.75) is 24.1 Å². The molecule has 0 radical (unpaired) electrons. The minimum absolute atomic E-state index is 0.718. The molecule has 1 aromatic heterocycles. The predicted molar refractivity (Wildman–Crippen MR) is 114 cm³/mol. The molecule has 0 spiro atoms. The second kappa shape index (κ2) is 9.46. The minimum atomic E-state index is 0.718. The number of hydrogen-bond acceptors (Lipinski definition) is 5. The van der Waals surface area contributed by atoms with Gasteiger partial charge in [0.15, 0.2) is 4.34 Å². The van der Waals surface area contributed by atoms with Crippen molar-refractivity contribution >= 4 is 40.5 Å². The molecule has 0 amide bonds. The van der Waals surface area contributed by atoms with E-state index in [4.69, 9.17) is 0 Å². The number of rotatable bonds is 8. The van der Waals surface area contributed by atoms with Crippen molar-refractivity contribution in [2.24, 2.45) is 4.99 Å². The number of hydrogen-bond donors (Lipinski definition) is 0. The predicted octanol–water partition coefficient (Wildman–Crippen LogP) is 5.77. The van der Waals surface area contributed by atoms with Crippen molar-refractivity contribution in [1.82, 2.24) is 10.2 Å². The Hall–Kier alpha value is -2.24. The highest BCUT2D eigenvalue weighted by molar-refractivity contribution is 8.01. The highest BCUT2D eigenvalue weighted by Crippen LogP contribution is 2.27. The first-order valence-corrected chi connectivity index (χ1v) is 10.3. The van der Waals surface area contributed by atoms with Gasteiger partial charge in [0.25, 0.3) is 0 Å². The van der Waals surface area contributed by atoms with E-state index in [2.05, 4.69) is 77.2 Å². The molecule has 3 aromatic rings. The quantitative estimate of drug-likeness (QED) is 0.368. The number of aliphatic imine (C=N–C) groups is 1. The van der Waals surface area contributed by atoms with Crippen molar-refractivity contribution < 1.29 is 0 Å². The highest BCUT2D eigenvalue weighted by atomic mass is 32.2. The molecule has 0 saturated heterocycles. The van der Waals surface area contributed by atoms with Gasteiger partial charge in [0.2, 0.25) is 5.13 Å². The summed E-state index contributed by atoms with van der Waals surface area (Å²) in [4.78, 5) is 4.43. The number of nitrogens with zero attached hydrogens (tertiary/aromatic N) is 3. The molecule has 0 unspecified atom stereocenters. The second-order valence-electron chi connectivity index (χ2n) is 5.90. The van der Waals surface area contributed by atoms with Gasteiger partial charge < -0.3 is 0 Å². The molecule has 26 heavy (non-hydrogen) atoms. The maximum atomic E-state index is 4.43. The molecule has 3 rings (SSSR count). The Kier molecular flexibility index (Phi) is 6.75. The van der Waals surface area contributed by atoms with Gasteiger partial charge in [-0.2, -0.15) is 0 Å². The topological polar surface area (TPSA) is 38.1 Å². The van der Waals surface area contributed by atoms with Crippen LogP contribution in [0.5, 0.6) is 0 Å². The number of aromatic nitrogens is 2. The summed E-state index contributed by atoms with van der Waals surface area (Å²) in [6, 6.07) is 17.0. The van der Waals surface area contributed by atoms with Gasteiger partial charge in [0.1, 0.15) is 0 Å². The molecular formula is C21H21N3S2. The van der Waals surface area contributed by atoms with Crippen molar-refractivity contribution in [3.05, 3.63) is 77.4 Å². The van der Waals surface area contributed by atoms with E-state index in [0.29, 0.717) is 0 Å². The van der Waals surface area contributed by atoms with Crippen molar-refractivity contribution in [3.8, 4) is 0 Å². The fourth-order valence-corrected chi connectivity index (χ4v) is 4.22. The first kappa shape index (κ1) is 18.5. The normalized spacial score (nSPS) is 11.1. The second-order valence-corrected chi connectivity index (χ2v) is 8.20. The van der Waals surface area contributed by atoms with Crippen molar-refractivity contribution in [3.63, 3.8) is 0 Å². The maximum absolute atomic E-state index is 4.43. The van der Waals surface area contributed by atoms with Crippen molar-refractivity contribution in [2.75, 3.05) is 5.75 Å². The summed E-state index contributed by atoms with van der Waals surface area (Å²) in [5, 5.41) is 9.09. The lowest BCUT2D eigenvalue weighted by Crippen LogP contribution is -1.88. The Bertz CT molecular complexity index is 882. The summed E-state index contributed by atoms with van der Waals surface area (Å²) in [6.45, 7) is 5.88. The third-order valence-electron chi connectivity index (χ3n) is 3.84. The molecule has 0 N–H and O–H groups in total. The van der Waals surface area contributed by atoms with Crippen LogP contribution in [0.1, 0.15) is 22.3 Å². The van der Waals surface area contributed by atoms with Crippen LogP contribution in [0.2, 0.25) is 0 Å². The van der Waals surface area contributed by atoms with Gasteiger partial charge in [-0.25, -0.2) is 4.99 Å². The van der Waals surface area contributed by atoms with Crippen LogP contribution in [0.3, 0.4) is 0 Å². The standard InChI is InChI=1S/C21H21N3S2/c1-3-17-7-9-18(10-8-17)12-14-25-21-24-23-20(26-21)22-13-11-19-6-4-5-16(2)15-19/h3-10,13,15H,1,11-12,14H2,2H3/b22-13+. The molecule has 0 aliphatic heterocycles. The minimum Gasteiger partial charge on any atom is -0.230 e. The molecule has 1 heterocycles. The maximum Gasteiger partial charge on any atom is 0.232 e.